The third-order valence-electron chi connectivity index (χ3n) is 5.62. The number of carbonyl (C=O) groups is 1. The van der Waals surface area contributed by atoms with Gasteiger partial charge in [0.1, 0.15) is 6.04 Å². The molecular weight excluding hydrogens is 442 g/mol. The van der Waals surface area contributed by atoms with E-state index >= 15 is 0 Å². The van der Waals surface area contributed by atoms with Crippen molar-refractivity contribution in [1.29, 1.82) is 0 Å². The van der Waals surface area contributed by atoms with Gasteiger partial charge in [0, 0.05) is 19.6 Å². The Kier molecular flexibility index (Phi) is 7.17. The molecule has 1 aromatic heterocycles. The van der Waals surface area contributed by atoms with E-state index in [2.05, 4.69) is 10.3 Å². The van der Waals surface area contributed by atoms with Gasteiger partial charge in [0.2, 0.25) is 10.0 Å². The Hall–Kier alpha value is -3.08. The molecule has 174 valence electrons. The van der Waals surface area contributed by atoms with E-state index in [1.165, 1.54) is 11.4 Å². The third-order valence-corrected chi connectivity index (χ3v) is 7.41. The molecule has 0 bridgehead atoms. The van der Waals surface area contributed by atoms with Crippen molar-refractivity contribution >= 4 is 16.0 Å². The van der Waals surface area contributed by atoms with E-state index in [4.69, 9.17) is 4.74 Å². The van der Waals surface area contributed by atoms with Crippen molar-refractivity contribution in [1.82, 2.24) is 24.2 Å². The highest BCUT2D eigenvalue weighted by atomic mass is 32.2. The molecule has 2 heterocycles. The number of nitrogens with zero attached hydrogens (tertiary/aromatic N) is 5. The summed E-state index contributed by atoms with van der Waals surface area (Å²) in [7, 11) is -2.45. The number of benzene rings is 2. The molecule has 9 nitrogen and oxygen atoms in total. The lowest BCUT2D eigenvalue weighted by molar-refractivity contribution is -0.145. The van der Waals surface area contributed by atoms with Gasteiger partial charge in [-0.3, -0.25) is 9.69 Å². The molecule has 0 amide bonds. The van der Waals surface area contributed by atoms with Crippen molar-refractivity contribution in [3.8, 4) is 0 Å². The lowest BCUT2D eigenvalue weighted by atomic mass is 10.2. The third kappa shape index (κ3) is 5.84. The van der Waals surface area contributed by atoms with Gasteiger partial charge in [-0.05, 0) is 11.1 Å². The molecule has 33 heavy (non-hydrogen) atoms. The van der Waals surface area contributed by atoms with Crippen molar-refractivity contribution in [2.45, 2.75) is 25.7 Å². The van der Waals surface area contributed by atoms with Gasteiger partial charge in [-0.25, -0.2) is 13.1 Å². The smallest absolute Gasteiger partial charge is 0.325 e. The first-order valence-corrected chi connectivity index (χ1v) is 12.3. The number of sulfonamides is 1. The number of esters is 1. The second-order valence-electron chi connectivity index (χ2n) is 8.01. The molecular formula is C23H27N5O4S. The van der Waals surface area contributed by atoms with Gasteiger partial charge in [0.15, 0.2) is 0 Å². The quantitative estimate of drug-likeness (QED) is 0.484. The molecule has 10 heteroatoms. The molecule has 1 aliphatic heterocycles. The van der Waals surface area contributed by atoms with Crippen LogP contribution in [0.25, 0.3) is 0 Å². The maximum Gasteiger partial charge on any atom is 0.325 e. The molecule has 0 radical (unpaired) electrons. The van der Waals surface area contributed by atoms with Crippen LogP contribution in [0.5, 0.6) is 0 Å². The number of aromatic nitrogens is 3. The van der Waals surface area contributed by atoms with Crippen LogP contribution in [0.4, 0.5) is 0 Å². The van der Waals surface area contributed by atoms with Gasteiger partial charge in [-0.1, -0.05) is 65.9 Å². The summed E-state index contributed by atoms with van der Waals surface area (Å²) in [5.41, 5.74) is 2.58. The minimum atomic E-state index is -3.72. The molecule has 1 fully saturated rings. The predicted octanol–water partition coefficient (Wildman–Crippen LogP) is 1.52. The zero-order chi connectivity index (χ0) is 23.3. The van der Waals surface area contributed by atoms with Gasteiger partial charge >= 0.3 is 5.97 Å². The lowest BCUT2D eigenvalue weighted by Crippen LogP contribution is -2.48. The summed E-state index contributed by atoms with van der Waals surface area (Å²) >= 11 is 0. The van der Waals surface area contributed by atoms with Gasteiger partial charge in [-0.15, -0.1) is 5.10 Å². The van der Waals surface area contributed by atoms with Gasteiger partial charge in [-0.2, -0.15) is 4.31 Å². The van der Waals surface area contributed by atoms with Crippen LogP contribution in [0.15, 0.2) is 66.9 Å². The summed E-state index contributed by atoms with van der Waals surface area (Å²) in [6, 6.07) is 18.6. The van der Waals surface area contributed by atoms with E-state index in [1.54, 1.807) is 10.9 Å². The molecule has 0 saturated carbocycles. The fraction of sp³-hybridized carbons (Fsp3) is 0.348. The van der Waals surface area contributed by atoms with Crippen molar-refractivity contribution in [3.05, 3.63) is 83.7 Å². The first-order chi connectivity index (χ1) is 15.9. The van der Waals surface area contributed by atoms with Gasteiger partial charge in [0.05, 0.1) is 37.8 Å². The van der Waals surface area contributed by atoms with Gasteiger partial charge < -0.3 is 4.74 Å². The van der Waals surface area contributed by atoms with E-state index in [0.29, 0.717) is 25.3 Å². The Balaban J connectivity index is 1.54. The van der Waals surface area contributed by atoms with Crippen LogP contribution in [0.2, 0.25) is 0 Å². The number of ether oxygens (including phenoxy) is 1. The first kappa shape index (κ1) is 23.1. The number of hydrogen-bond acceptors (Lipinski definition) is 7. The fourth-order valence-corrected chi connectivity index (χ4v) is 5.52. The van der Waals surface area contributed by atoms with Crippen LogP contribution in [0.1, 0.15) is 16.8 Å². The molecule has 0 aliphatic carbocycles. The Labute approximate surface area is 193 Å². The van der Waals surface area contributed by atoms with Crippen molar-refractivity contribution in [3.63, 3.8) is 0 Å². The summed E-state index contributed by atoms with van der Waals surface area (Å²) in [6.07, 6.45) is 1.71. The van der Waals surface area contributed by atoms with Gasteiger partial charge in [0.25, 0.3) is 0 Å². The van der Waals surface area contributed by atoms with Crippen molar-refractivity contribution < 1.29 is 17.9 Å². The van der Waals surface area contributed by atoms with Crippen LogP contribution in [0.3, 0.4) is 0 Å². The minimum absolute atomic E-state index is 0.0456. The van der Waals surface area contributed by atoms with E-state index in [1.807, 2.05) is 65.6 Å². The Morgan fingerprint density at radius 2 is 1.64 bits per heavy atom. The zero-order valence-corrected chi connectivity index (χ0v) is 19.3. The number of rotatable bonds is 7. The maximum absolute atomic E-state index is 13.2. The van der Waals surface area contributed by atoms with Crippen LogP contribution >= 0.6 is 0 Å². The van der Waals surface area contributed by atoms with E-state index < -0.39 is 22.0 Å². The SMILES string of the molecule is COC(=O)C1CN(Cc2ccccc2)CCS(=O)(=O)N1Cc1cn(Cc2ccccc2)nn1. The van der Waals surface area contributed by atoms with Crippen LogP contribution < -0.4 is 0 Å². The highest BCUT2D eigenvalue weighted by molar-refractivity contribution is 7.89. The fourth-order valence-electron chi connectivity index (χ4n) is 3.92. The first-order valence-electron chi connectivity index (χ1n) is 10.7. The molecule has 4 rings (SSSR count). The summed E-state index contributed by atoms with van der Waals surface area (Å²) in [6.45, 7) is 1.58. The Morgan fingerprint density at radius 3 is 2.27 bits per heavy atom. The average molecular weight is 470 g/mol. The summed E-state index contributed by atoms with van der Waals surface area (Å²) in [5, 5.41) is 8.28. The molecule has 2 aromatic carbocycles. The van der Waals surface area contributed by atoms with Crippen molar-refractivity contribution in [2.24, 2.45) is 0 Å². The summed E-state index contributed by atoms with van der Waals surface area (Å²) in [4.78, 5) is 14.6. The molecule has 0 spiro atoms. The van der Waals surface area contributed by atoms with E-state index in [-0.39, 0.29) is 18.8 Å². The molecule has 1 atom stereocenters. The topological polar surface area (TPSA) is 97.6 Å². The van der Waals surface area contributed by atoms with Crippen LogP contribution in [-0.2, 0) is 39.2 Å². The lowest BCUT2D eigenvalue weighted by Gasteiger charge is -2.28. The highest BCUT2D eigenvalue weighted by Gasteiger charge is 2.40. The van der Waals surface area contributed by atoms with Crippen LogP contribution in [-0.4, -0.2) is 70.6 Å². The second kappa shape index (κ2) is 10.2. The average Bonchev–Trinajstić information content (AvgIpc) is 3.22. The maximum atomic E-state index is 13.2. The highest BCUT2D eigenvalue weighted by Crippen LogP contribution is 2.20. The van der Waals surface area contributed by atoms with Crippen molar-refractivity contribution in [2.75, 3.05) is 26.0 Å². The summed E-state index contributed by atoms with van der Waals surface area (Å²) < 4.78 is 34.2. The monoisotopic (exact) mass is 469 g/mol. The normalized spacial score (nSPS) is 19.1. The minimum Gasteiger partial charge on any atom is -0.468 e. The van der Waals surface area contributed by atoms with Crippen LogP contribution in [0, 0.1) is 0 Å². The molecule has 1 unspecified atom stereocenters. The Morgan fingerprint density at radius 1 is 1.00 bits per heavy atom. The summed E-state index contributed by atoms with van der Waals surface area (Å²) in [5.74, 6) is -0.680. The van der Waals surface area contributed by atoms with E-state index in [0.717, 1.165) is 11.1 Å². The number of methoxy groups -OCH3 is 1. The second-order valence-corrected chi connectivity index (χ2v) is 10.1. The number of hydrogen-bond donors (Lipinski definition) is 0. The molecule has 1 aliphatic rings. The number of carbonyl (C=O) groups excluding carboxylic acids is 1. The standard InChI is InChI=1S/C23H27N5O4S/c1-32-23(29)22-18-26(14-19-8-4-2-5-9-19)12-13-33(30,31)28(22)17-21-16-27(25-24-21)15-20-10-6-3-7-11-20/h2-11,16,22H,12-15,17-18H2,1H3. The zero-order valence-electron chi connectivity index (χ0n) is 18.4. The molecule has 1 saturated heterocycles. The predicted molar refractivity (Wildman–Crippen MR) is 122 cm³/mol. The largest absolute Gasteiger partial charge is 0.468 e. The Bertz CT molecular complexity index is 1170. The molecule has 0 N–H and O–H groups in total. The van der Waals surface area contributed by atoms with E-state index in [9.17, 15) is 13.2 Å². The molecule has 3 aromatic rings.